The number of hydrogen-bond donors (Lipinski definition) is 0. The number of anilines is 1. The van der Waals surface area contributed by atoms with Gasteiger partial charge >= 0.3 is 12.4 Å². The van der Waals surface area contributed by atoms with E-state index in [0.717, 1.165) is 29.2 Å². The number of rotatable bonds is 4. The van der Waals surface area contributed by atoms with Crippen LogP contribution in [0.2, 0.25) is 0 Å². The Kier molecular flexibility index (Phi) is 7.42. The number of halogens is 6. The van der Waals surface area contributed by atoms with Gasteiger partial charge in [0.2, 0.25) is 5.91 Å². The van der Waals surface area contributed by atoms with Crippen LogP contribution in [-0.2, 0) is 27.0 Å². The Labute approximate surface area is 192 Å². The molecule has 1 aliphatic rings. The van der Waals surface area contributed by atoms with Crippen molar-refractivity contribution in [1.29, 1.82) is 0 Å². The van der Waals surface area contributed by atoms with E-state index in [1.165, 1.54) is 13.8 Å². The lowest BCUT2D eigenvalue weighted by atomic mass is 9.85. The number of aromatic nitrogens is 2. The highest BCUT2D eigenvalue weighted by molar-refractivity contribution is 7.92. The lowest BCUT2D eigenvalue weighted by Gasteiger charge is -2.39. The summed E-state index contributed by atoms with van der Waals surface area (Å²) in [6, 6.07) is 5.08. The zero-order valence-corrected chi connectivity index (χ0v) is 18.2. The monoisotopic (exact) mass is 511 g/mol. The maximum absolute atomic E-state index is 13.2. The van der Waals surface area contributed by atoms with Gasteiger partial charge in [-0.1, -0.05) is 13.5 Å². The fourth-order valence-electron chi connectivity index (χ4n) is 3.65. The smallest absolute Gasteiger partial charge is 0.295 e. The van der Waals surface area contributed by atoms with Gasteiger partial charge in [0.1, 0.15) is 0 Å². The van der Waals surface area contributed by atoms with Gasteiger partial charge in [-0.05, 0) is 56.5 Å². The molecule has 0 bridgehead atoms. The summed E-state index contributed by atoms with van der Waals surface area (Å²) in [5.41, 5.74) is -2.33. The van der Waals surface area contributed by atoms with Gasteiger partial charge < -0.3 is 0 Å². The molecule has 13 heteroatoms. The minimum atomic E-state index is -4.72. The summed E-state index contributed by atoms with van der Waals surface area (Å²) in [5, 5.41) is 6.52. The van der Waals surface area contributed by atoms with Gasteiger partial charge in [0, 0.05) is 13.0 Å². The Morgan fingerprint density at radius 3 is 2.12 bits per heavy atom. The predicted molar refractivity (Wildman–Crippen MR) is 112 cm³/mol. The van der Waals surface area contributed by atoms with Crippen molar-refractivity contribution >= 4 is 21.6 Å². The van der Waals surface area contributed by atoms with Crippen molar-refractivity contribution < 1.29 is 39.6 Å². The quantitative estimate of drug-likeness (QED) is 0.531. The third-order valence-corrected chi connectivity index (χ3v) is 8.38. The Balaban J connectivity index is 0.00000408. The molecule has 0 radical (unpaired) electrons. The van der Waals surface area contributed by atoms with Gasteiger partial charge in [0.15, 0.2) is 21.3 Å². The van der Waals surface area contributed by atoms with E-state index in [-0.39, 0.29) is 32.6 Å². The summed E-state index contributed by atoms with van der Waals surface area (Å²) in [6.07, 6.45) is -9.56. The van der Waals surface area contributed by atoms with Gasteiger partial charge in [-0.2, -0.15) is 26.3 Å². The van der Waals surface area contributed by atoms with E-state index in [1.807, 2.05) is 0 Å². The summed E-state index contributed by atoms with van der Waals surface area (Å²) in [4.78, 5) is 13.3. The molecule has 1 atom stereocenters. The van der Waals surface area contributed by atoms with E-state index in [1.54, 1.807) is 0 Å². The molecule has 0 unspecified atom stereocenters. The summed E-state index contributed by atoms with van der Waals surface area (Å²) in [6.45, 7) is 2.65. The molecule has 3 rings (SSSR count). The van der Waals surface area contributed by atoms with Gasteiger partial charge in [-0.25, -0.2) is 8.42 Å². The van der Waals surface area contributed by atoms with Crippen LogP contribution >= 0.6 is 0 Å². The average molecular weight is 511 g/mol. The third kappa shape index (κ3) is 5.18. The lowest BCUT2D eigenvalue weighted by molar-refractivity contribution is -0.141. The summed E-state index contributed by atoms with van der Waals surface area (Å²) in [7, 11) is -4.27. The second-order valence-corrected chi connectivity index (χ2v) is 10.7. The van der Waals surface area contributed by atoms with Crippen LogP contribution in [0.1, 0.15) is 45.4 Å². The standard InChI is InChI=1S/C20H19F6N3O3S.CH4/c1-18(2,33(31,32)14-5-3-4-13(10-14)19(21,22)23)12-8-9-29(17(30)11-12)16-7-6-15(27-28-16)20(24,25)26;/h3-7,10,12H,8-9,11H2,1-2H3;1H4/t12-;/m1./s1. The van der Waals surface area contributed by atoms with Crippen LogP contribution in [0.5, 0.6) is 0 Å². The molecule has 1 aliphatic heterocycles. The molecule has 1 aromatic heterocycles. The normalized spacial score (nSPS) is 17.9. The summed E-state index contributed by atoms with van der Waals surface area (Å²) in [5.74, 6) is -1.43. The highest BCUT2D eigenvalue weighted by Crippen LogP contribution is 2.40. The number of piperidine rings is 1. The molecule has 2 aromatic rings. The number of benzene rings is 1. The molecule has 0 N–H and O–H groups in total. The van der Waals surface area contributed by atoms with E-state index >= 15 is 0 Å². The van der Waals surface area contributed by atoms with Crippen LogP contribution in [0.25, 0.3) is 0 Å². The van der Waals surface area contributed by atoms with E-state index in [4.69, 9.17) is 0 Å². The van der Waals surface area contributed by atoms with Crippen molar-refractivity contribution in [2.75, 3.05) is 11.4 Å². The molecule has 188 valence electrons. The maximum atomic E-state index is 13.2. The molecular weight excluding hydrogens is 488 g/mol. The van der Waals surface area contributed by atoms with Crippen LogP contribution in [0, 0.1) is 5.92 Å². The van der Waals surface area contributed by atoms with Crippen molar-refractivity contribution in [3.05, 3.63) is 47.7 Å². The largest absolute Gasteiger partial charge is 0.435 e. The zero-order valence-electron chi connectivity index (χ0n) is 17.4. The van der Waals surface area contributed by atoms with Crippen molar-refractivity contribution in [1.82, 2.24) is 10.2 Å². The molecule has 1 aromatic carbocycles. The number of hydrogen-bond acceptors (Lipinski definition) is 5. The van der Waals surface area contributed by atoms with Gasteiger partial charge in [0.25, 0.3) is 0 Å². The molecule has 1 fully saturated rings. The average Bonchev–Trinajstić information content (AvgIpc) is 2.72. The Hall–Kier alpha value is -2.70. The summed E-state index contributed by atoms with van der Waals surface area (Å²) >= 11 is 0. The van der Waals surface area contributed by atoms with Gasteiger partial charge in [0.05, 0.1) is 15.2 Å². The number of carbonyl (C=O) groups excluding carboxylic acids is 1. The Morgan fingerprint density at radius 2 is 1.62 bits per heavy atom. The molecule has 0 aliphatic carbocycles. The number of alkyl halides is 6. The minimum Gasteiger partial charge on any atom is -0.295 e. The van der Waals surface area contributed by atoms with Gasteiger partial charge in [-0.15, -0.1) is 10.2 Å². The topological polar surface area (TPSA) is 80.2 Å². The van der Waals surface area contributed by atoms with Crippen molar-refractivity contribution in [3.8, 4) is 0 Å². The van der Waals surface area contributed by atoms with E-state index < -0.39 is 54.9 Å². The number of carbonyl (C=O) groups is 1. The zero-order chi connectivity index (χ0) is 24.8. The van der Waals surface area contributed by atoms with E-state index in [9.17, 15) is 39.6 Å². The molecule has 1 saturated heterocycles. The first-order valence-corrected chi connectivity index (χ1v) is 11.2. The SMILES string of the molecule is C.CC(C)([C@@H]1CCN(c2ccc(C(F)(F)F)nn2)C(=O)C1)S(=O)(=O)c1cccc(C(F)(F)F)c1. The first-order chi connectivity index (χ1) is 15.0. The minimum absolute atomic E-state index is 0. The molecule has 6 nitrogen and oxygen atoms in total. The van der Waals surface area contributed by atoms with Crippen LogP contribution < -0.4 is 4.90 Å². The lowest BCUT2D eigenvalue weighted by Crippen LogP contribution is -2.49. The number of nitrogens with zero attached hydrogens (tertiary/aromatic N) is 3. The second-order valence-electron chi connectivity index (χ2n) is 8.14. The molecule has 1 amide bonds. The molecule has 34 heavy (non-hydrogen) atoms. The second kappa shape index (κ2) is 9.16. The number of sulfone groups is 1. The maximum Gasteiger partial charge on any atom is 0.435 e. The summed E-state index contributed by atoms with van der Waals surface area (Å²) < 4.78 is 102. The molecule has 2 heterocycles. The van der Waals surface area contributed by atoms with Crippen LogP contribution in [0.15, 0.2) is 41.3 Å². The fourth-order valence-corrected chi connectivity index (χ4v) is 5.44. The molecule has 0 saturated carbocycles. The molecule has 0 spiro atoms. The number of amides is 1. The third-order valence-electron chi connectivity index (χ3n) is 5.79. The fraction of sp³-hybridized carbons (Fsp3) is 0.476. The predicted octanol–water partition coefficient (Wildman–Crippen LogP) is 5.15. The first-order valence-electron chi connectivity index (χ1n) is 9.68. The van der Waals surface area contributed by atoms with Crippen LogP contribution in [-0.4, -0.2) is 35.8 Å². The molecular formula is C21H23F6N3O3S. The van der Waals surface area contributed by atoms with Crippen molar-refractivity contribution in [2.45, 2.75) is 56.1 Å². The van der Waals surface area contributed by atoms with E-state index in [0.29, 0.717) is 12.1 Å². The van der Waals surface area contributed by atoms with E-state index in [2.05, 4.69) is 10.2 Å². The van der Waals surface area contributed by atoms with Crippen LogP contribution in [0.4, 0.5) is 32.2 Å². The van der Waals surface area contributed by atoms with Crippen molar-refractivity contribution in [3.63, 3.8) is 0 Å². The van der Waals surface area contributed by atoms with Gasteiger partial charge in [-0.3, -0.25) is 9.69 Å². The Morgan fingerprint density at radius 1 is 0.971 bits per heavy atom. The van der Waals surface area contributed by atoms with Crippen LogP contribution in [0.3, 0.4) is 0 Å². The highest BCUT2D eigenvalue weighted by atomic mass is 32.2. The Bertz CT molecular complexity index is 1150. The highest BCUT2D eigenvalue weighted by Gasteiger charge is 2.46. The first kappa shape index (κ1) is 27.5. The van der Waals surface area contributed by atoms with Crippen molar-refractivity contribution in [2.24, 2.45) is 5.92 Å².